The lowest BCUT2D eigenvalue weighted by Crippen LogP contribution is -2.43. The largest absolute Gasteiger partial charge is 0.492 e. The summed E-state index contributed by atoms with van der Waals surface area (Å²) in [5.74, 6) is 0. The van der Waals surface area contributed by atoms with Gasteiger partial charge in [-0.25, -0.2) is 0 Å². The van der Waals surface area contributed by atoms with Gasteiger partial charge in [-0.2, -0.15) is 0 Å². The zero-order valence-electron chi connectivity index (χ0n) is 7.43. The molecule has 72 valence electrons. The molecule has 0 bridgehead atoms. The standard InChI is InChI=1S/C7H14BF3N/c1-6-3-4-7(2)12(6)5-8(9,10)11/h6-7H,3-5H2,1-2H3/q-1. The summed E-state index contributed by atoms with van der Waals surface area (Å²) in [4.78, 5) is 1.56. The normalized spacial score (nSPS) is 32.8. The molecule has 0 spiro atoms. The predicted molar refractivity (Wildman–Crippen MR) is 43.9 cm³/mol. The smallest absolute Gasteiger partial charge is 0.448 e. The Morgan fingerprint density at radius 1 is 1.17 bits per heavy atom. The lowest BCUT2D eigenvalue weighted by molar-refractivity contribution is 0.223. The maximum Gasteiger partial charge on any atom is 0.492 e. The minimum atomic E-state index is -4.65. The van der Waals surface area contributed by atoms with Crippen molar-refractivity contribution in [3.63, 3.8) is 0 Å². The van der Waals surface area contributed by atoms with Gasteiger partial charge in [0.05, 0.1) is 0 Å². The first-order chi connectivity index (χ1) is 5.40. The average molecular weight is 180 g/mol. The summed E-state index contributed by atoms with van der Waals surface area (Å²) in [6, 6.07) is 0.201. The third-order valence-corrected chi connectivity index (χ3v) is 2.55. The number of hydrogen-bond acceptors (Lipinski definition) is 1. The molecule has 0 aromatic rings. The Bertz CT molecular complexity index is 149. The van der Waals surface area contributed by atoms with Crippen molar-refractivity contribution >= 4 is 6.98 Å². The summed E-state index contributed by atoms with van der Waals surface area (Å²) in [7, 11) is 0. The van der Waals surface area contributed by atoms with Crippen LogP contribution in [0, 0.1) is 0 Å². The number of likely N-dealkylation sites (tertiary alicyclic amines) is 1. The van der Waals surface area contributed by atoms with E-state index >= 15 is 0 Å². The van der Waals surface area contributed by atoms with Crippen LogP contribution in [0.5, 0.6) is 0 Å². The Morgan fingerprint density at radius 3 is 1.92 bits per heavy atom. The van der Waals surface area contributed by atoms with Gasteiger partial charge < -0.3 is 17.8 Å². The van der Waals surface area contributed by atoms with Crippen molar-refractivity contribution in [2.45, 2.75) is 38.8 Å². The molecule has 12 heavy (non-hydrogen) atoms. The van der Waals surface area contributed by atoms with Crippen molar-refractivity contribution in [3.8, 4) is 0 Å². The van der Waals surface area contributed by atoms with Gasteiger partial charge >= 0.3 is 6.98 Å². The molecule has 0 aromatic heterocycles. The minimum Gasteiger partial charge on any atom is -0.448 e. The highest BCUT2D eigenvalue weighted by molar-refractivity contribution is 6.58. The third kappa shape index (κ3) is 2.40. The molecule has 1 nitrogen and oxygen atoms in total. The number of hydrogen-bond donors (Lipinski definition) is 0. The Morgan fingerprint density at radius 2 is 1.58 bits per heavy atom. The fourth-order valence-corrected chi connectivity index (χ4v) is 1.85. The molecule has 0 amide bonds. The third-order valence-electron chi connectivity index (χ3n) is 2.55. The fraction of sp³-hybridized carbons (Fsp3) is 1.00. The van der Waals surface area contributed by atoms with Crippen LogP contribution in [0.2, 0.25) is 0 Å². The average Bonchev–Trinajstić information content (AvgIpc) is 2.16. The van der Waals surface area contributed by atoms with Crippen molar-refractivity contribution in [1.29, 1.82) is 0 Å². The van der Waals surface area contributed by atoms with E-state index in [4.69, 9.17) is 0 Å². The molecule has 0 saturated carbocycles. The van der Waals surface area contributed by atoms with E-state index in [1.165, 1.54) is 0 Å². The highest BCUT2D eigenvalue weighted by Crippen LogP contribution is 2.25. The van der Waals surface area contributed by atoms with Gasteiger partial charge in [0.1, 0.15) is 0 Å². The fourth-order valence-electron chi connectivity index (χ4n) is 1.85. The number of nitrogens with zero attached hydrogens (tertiary/aromatic N) is 1. The zero-order chi connectivity index (χ0) is 9.35. The van der Waals surface area contributed by atoms with E-state index in [9.17, 15) is 12.9 Å². The van der Waals surface area contributed by atoms with Gasteiger partial charge in [-0.3, -0.25) is 0 Å². The number of rotatable bonds is 2. The van der Waals surface area contributed by atoms with Crippen LogP contribution in [0.15, 0.2) is 0 Å². The molecule has 5 heteroatoms. The van der Waals surface area contributed by atoms with Crippen molar-refractivity contribution in [2.75, 3.05) is 6.44 Å². The SMILES string of the molecule is CC1CCC(C)N1C[B-](F)(F)F. The summed E-state index contributed by atoms with van der Waals surface area (Å²) in [6.07, 6.45) is 1.10. The van der Waals surface area contributed by atoms with E-state index in [-0.39, 0.29) is 12.1 Å². The molecule has 2 unspecified atom stereocenters. The molecule has 1 heterocycles. The summed E-state index contributed by atoms with van der Waals surface area (Å²) < 4.78 is 36.2. The molecule has 2 atom stereocenters. The quantitative estimate of drug-likeness (QED) is 0.589. The highest BCUT2D eigenvalue weighted by Gasteiger charge is 2.34. The second-order valence-electron chi connectivity index (χ2n) is 3.68. The Balaban J connectivity index is 2.50. The molecule has 1 fully saturated rings. The molecule has 1 aliphatic rings. The lowest BCUT2D eigenvalue weighted by atomic mass is 9.90. The van der Waals surface area contributed by atoms with E-state index in [0.29, 0.717) is 0 Å². The first kappa shape index (κ1) is 9.90. The second-order valence-corrected chi connectivity index (χ2v) is 3.68. The Kier molecular flexibility index (Phi) is 2.71. The molecule has 0 N–H and O–H groups in total. The summed E-state index contributed by atoms with van der Waals surface area (Å²) in [5.41, 5.74) is 0. The van der Waals surface area contributed by atoms with Gasteiger partial charge in [-0.05, 0) is 33.1 Å². The van der Waals surface area contributed by atoms with E-state index in [0.717, 1.165) is 12.8 Å². The zero-order valence-corrected chi connectivity index (χ0v) is 7.43. The van der Waals surface area contributed by atoms with Crippen LogP contribution in [0.1, 0.15) is 26.7 Å². The minimum absolute atomic E-state index is 0.100. The Labute approximate surface area is 71.0 Å². The topological polar surface area (TPSA) is 3.24 Å². The first-order valence-electron chi connectivity index (χ1n) is 4.37. The van der Waals surface area contributed by atoms with E-state index in [1.807, 2.05) is 13.8 Å². The maximum atomic E-state index is 12.1. The molecule has 1 rings (SSSR count). The predicted octanol–water partition coefficient (Wildman–Crippen LogP) is 2.25. The van der Waals surface area contributed by atoms with Crippen molar-refractivity contribution in [1.82, 2.24) is 4.90 Å². The van der Waals surface area contributed by atoms with Gasteiger partial charge in [0.25, 0.3) is 0 Å². The first-order valence-corrected chi connectivity index (χ1v) is 4.37. The summed E-state index contributed by atoms with van der Waals surface area (Å²) in [6.45, 7) is -0.915. The van der Waals surface area contributed by atoms with Gasteiger partial charge in [0, 0.05) is 12.1 Å². The molecule has 0 radical (unpaired) electrons. The van der Waals surface area contributed by atoms with E-state index < -0.39 is 13.4 Å². The number of halogens is 3. The van der Waals surface area contributed by atoms with Crippen molar-refractivity contribution in [2.24, 2.45) is 0 Å². The van der Waals surface area contributed by atoms with Crippen LogP contribution in [0.4, 0.5) is 12.9 Å². The van der Waals surface area contributed by atoms with Gasteiger partial charge in [-0.1, -0.05) is 0 Å². The van der Waals surface area contributed by atoms with Crippen LogP contribution in [-0.4, -0.2) is 30.4 Å². The summed E-state index contributed by atoms with van der Waals surface area (Å²) in [5, 5.41) is 0. The van der Waals surface area contributed by atoms with Crippen molar-refractivity contribution < 1.29 is 12.9 Å². The lowest BCUT2D eigenvalue weighted by Gasteiger charge is -2.30. The van der Waals surface area contributed by atoms with E-state index in [1.54, 1.807) is 4.90 Å². The monoisotopic (exact) mass is 180 g/mol. The second kappa shape index (κ2) is 3.28. The molecule has 1 saturated heterocycles. The Hall–Kier alpha value is -0.185. The van der Waals surface area contributed by atoms with Crippen LogP contribution in [-0.2, 0) is 0 Å². The van der Waals surface area contributed by atoms with Crippen molar-refractivity contribution in [3.05, 3.63) is 0 Å². The summed E-state index contributed by atoms with van der Waals surface area (Å²) >= 11 is 0. The van der Waals surface area contributed by atoms with Crippen LogP contribution in [0.3, 0.4) is 0 Å². The van der Waals surface area contributed by atoms with Crippen LogP contribution in [0.25, 0.3) is 0 Å². The van der Waals surface area contributed by atoms with Gasteiger partial charge in [0.15, 0.2) is 0 Å². The van der Waals surface area contributed by atoms with Gasteiger partial charge in [-0.15, -0.1) is 0 Å². The molecule has 0 aliphatic carbocycles. The van der Waals surface area contributed by atoms with Crippen LogP contribution < -0.4 is 0 Å². The molecule has 1 aliphatic heterocycles. The maximum absolute atomic E-state index is 12.1. The molecule has 0 aromatic carbocycles. The molecular weight excluding hydrogens is 166 g/mol. The van der Waals surface area contributed by atoms with Gasteiger partial charge in [0.2, 0.25) is 0 Å². The van der Waals surface area contributed by atoms with Crippen LogP contribution >= 0.6 is 0 Å². The highest BCUT2D eigenvalue weighted by atomic mass is 19.4. The van der Waals surface area contributed by atoms with E-state index in [2.05, 4.69) is 0 Å². The molecular formula is C7H14BF3N-.